The van der Waals surface area contributed by atoms with Crippen molar-refractivity contribution in [2.45, 2.75) is 32.0 Å². The van der Waals surface area contributed by atoms with Gasteiger partial charge in [0.1, 0.15) is 17.7 Å². The Morgan fingerprint density at radius 3 is 3.00 bits per heavy atom. The molecule has 3 heterocycles. The fourth-order valence-electron chi connectivity index (χ4n) is 2.97. The zero-order chi connectivity index (χ0) is 16.4. The molecule has 4 rings (SSSR count). The number of anilines is 1. The third-order valence-corrected chi connectivity index (χ3v) is 4.23. The van der Waals surface area contributed by atoms with Crippen LogP contribution in [-0.4, -0.2) is 32.2 Å². The van der Waals surface area contributed by atoms with Crippen LogP contribution >= 0.6 is 0 Å². The number of rotatable bonds is 5. The van der Waals surface area contributed by atoms with Crippen LogP contribution in [0.5, 0.6) is 0 Å². The average molecular weight is 327 g/mol. The van der Waals surface area contributed by atoms with Crippen molar-refractivity contribution in [2.24, 2.45) is 0 Å². The third-order valence-electron chi connectivity index (χ3n) is 4.23. The molecule has 0 spiro atoms. The van der Waals surface area contributed by atoms with Crippen molar-refractivity contribution in [1.29, 1.82) is 0 Å². The summed E-state index contributed by atoms with van der Waals surface area (Å²) >= 11 is 0. The maximum atomic E-state index is 13.7. The van der Waals surface area contributed by atoms with E-state index < -0.39 is 0 Å². The average Bonchev–Trinajstić information content (AvgIpc) is 3.25. The fourth-order valence-corrected chi connectivity index (χ4v) is 2.97. The molecule has 1 aliphatic rings. The van der Waals surface area contributed by atoms with Crippen molar-refractivity contribution in [3.05, 3.63) is 48.3 Å². The molecule has 124 valence electrons. The predicted molar refractivity (Wildman–Crippen MR) is 88.0 cm³/mol. The summed E-state index contributed by atoms with van der Waals surface area (Å²) in [5.41, 5.74) is 2.03. The van der Waals surface area contributed by atoms with Crippen LogP contribution in [0.3, 0.4) is 0 Å². The Labute approximate surface area is 138 Å². The summed E-state index contributed by atoms with van der Waals surface area (Å²) in [6, 6.07) is 6.68. The smallest absolute Gasteiger partial charge is 0.165 e. The summed E-state index contributed by atoms with van der Waals surface area (Å²) in [4.78, 5) is 13.0. The van der Waals surface area contributed by atoms with E-state index in [4.69, 9.17) is 4.74 Å². The Bertz CT molecular complexity index is 844. The van der Waals surface area contributed by atoms with Gasteiger partial charge in [0.15, 0.2) is 11.5 Å². The standard InChI is InChI=1S/C17H18FN5O/c18-14-6-2-1-4-12(14)8-19-16-15-17(21-10-20-16)23(11-22-15)9-13-5-3-7-24-13/h1-2,4,6,10-11,13H,3,5,7-9H2,(H,19,20,21). The molecule has 1 N–H and O–H groups in total. The Morgan fingerprint density at radius 2 is 2.17 bits per heavy atom. The van der Waals surface area contributed by atoms with Crippen molar-refractivity contribution in [2.75, 3.05) is 11.9 Å². The number of hydrogen-bond acceptors (Lipinski definition) is 5. The van der Waals surface area contributed by atoms with Crippen molar-refractivity contribution in [1.82, 2.24) is 19.5 Å². The number of nitrogens with zero attached hydrogens (tertiary/aromatic N) is 4. The SMILES string of the molecule is Fc1ccccc1CNc1ncnc2c1ncn2CC1CCCO1. The molecule has 1 unspecified atom stereocenters. The number of nitrogens with one attached hydrogen (secondary N) is 1. The second kappa shape index (κ2) is 6.52. The van der Waals surface area contributed by atoms with Crippen LogP contribution in [0.2, 0.25) is 0 Å². The first kappa shape index (κ1) is 15.0. The zero-order valence-electron chi connectivity index (χ0n) is 13.2. The molecule has 0 amide bonds. The van der Waals surface area contributed by atoms with E-state index in [0.717, 1.165) is 31.6 Å². The minimum atomic E-state index is -0.237. The number of imidazole rings is 1. The minimum Gasteiger partial charge on any atom is -0.376 e. The topological polar surface area (TPSA) is 64.9 Å². The van der Waals surface area contributed by atoms with Crippen LogP contribution in [-0.2, 0) is 17.8 Å². The van der Waals surface area contributed by atoms with Crippen LogP contribution in [0.1, 0.15) is 18.4 Å². The number of fused-ring (bicyclic) bond motifs is 1. The normalized spacial score (nSPS) is 17.5. The van der Waals surface area contributed by atoms with Gasteiger partial charge >= 0.3 is 0 Å². The zero-order valence-corrected chi connectivity index (χ0v) is 13.2. The molecule has 6 nitrogen and oxygen atoms in total. The molecule has 1 aliphatic heterocycles. The molecule has 1 saturated heterocycles. The van der Waals surface area contributed by atoms with Crippen molar-refractivity contribution < 1.29 is 9.13 Å². The van der Waals surface area contributed by atoms with Crippen LogP contribution in [0.25, 0.3) is 11.2 Å². The van der Waals surface area contributed by atoms with Gasteiger partial charge in [0.2, 0.25) is 0 Å². The van der Waals surface area contributed by atoms with Crippen LogP contribution < -0.4 is 5.32 Å². The first-order valence-corrected chi connectivity index (χ1v) is 8.06. The van der Waals surface area contributed by atoms with E-state index in [2.05, 4.69) is 20.3 Å². The largest absolute Gasteiger partial charge is 0.376 e. The quantitative estimate of drug-likeness (QED) is 0.780. The number of aromatic nitrogens is 4. The lowest BCUT2D eigenvalue weighted by Gasteiger charge is -2.10. The van der Waals surface area contributed by atoms with Crippen LogP contribution in [0.4, 0.5) is 10.2 Å². The minimum absolute atomic E-state index is 0.215. The van der Waals surface area contributed by atoms with E-state index in [1.54, 1.807) is 18.5 Å². The highest BCUT2D eigenvalue weighted by molar-refractivity contribution is 5.82. The van der Waals surface area contributed by atoms with Gasteiger partial charge in [0.05, 0.1) is 19.0 Å². The molecule has 1 aromatic carbocycles. The van der Waals surface area contributed by atoms with E-state index in [1.165, 1.54) is 12.4 Å². The lowest BCUT2D eigenvalue weighted by molar-refractivity contribution is 0.0978. The van der Waals surface area contributed by atoms with Gasteiger partial charge in [-0.15, -0.1) is 0 Å². The van der Waals surface area contributed by atoms with Gasteiger partial charge < -0.3 is 14.6 Å². The maximum Gasteiger partial charge on any atom is 0.165 e. The second-order valence-electron chi connectivity index (χ2n) is 5.87. The number of hydrogen-bond donors (Lipinski definition) is 1. The summed E-state index contributed by atoms with van der Waals surface area (Å²) in [6.45, 7) is 1.90. The molecular weight excluding hydrogens is 309 g/mol. The van der Waals surface area contributed by atoms with E-state index in [9.17, 15) is 4.39 Å². The Morgan fingerprint density at radius 1 is 1.25 bits per heavy atom. The lowest BCUT2D eigenvalue weighted by atomic mass is 10.2. The van der Waals surface area contributed by atoms with Crippen molar-refractivity contribution in [3.8, 4) is 0 Å². The third kappa shape index (κ3) is 2.94. The maximum absolute atomic E-state index is 13.7. The first-order valence-electron chi connectivity index (χ1n) is 8.06. The molecule has 7 heteroatoms. The van der Waals surface area contributed by atoms with Gasteiger partial charge in [0, 0.05) is 18.7 Å². The van der Waals surface area contributed by atoms with E-state index in [1.807, 2.05) is 10.6 Å². The molecule has 0 bridgehead atoms. The summed E-state index contributed by atoms with van der Waals surface area (Å²) in [5.74, 6) is 0.369. The Balaban J connectivity index is 1.55. The predicted octanol–water partition coefficient (Wildman–Crippen LogP) is 2.76. The van der Waals surface area contributed by atoms with Gasteiger partial charge in [-0.25, -0.2) is 19.3 Å². The molecule has 0 aliphatic carbocycles. The first-order chi connectivity index (χ1) is 11.8. The highest BCUT2D eigenvalue weighted by Gasteiger charge is 2.18. The number of halogens is 1. The summed E-state index contributed by atoms with van der Waals surface area (Å²) in [6.07, 6.45) is 5.63. The molecule has 0 radical (unpaired) electrons. The van der Waals surface area contributed by atoms with E-state index >= 15 is 0 Å². The van der Waals surface area contributed by atoms with Gasteiger partial charge in [-0.3, -0.25) is 0 Å². The summed E-state index contributed by atoms with van der Waals surface area (Å²) < 4.78 is 21.4. The molecular formula is C17H18FN5O. The molecule has 0 saturated carbocycles. The molecule has 24 heavy (non-hydrogen) atoms. The molecule has 1 fully saturated rings. The molecule has 2 aromatic heterocycles. The molecule has 1 atom stereocenters. The highest BCUT2D eigenvalue weighted by Crippen LogP contribution is 2.21. The Hall–Kier alpha value is -2.54. The summed E-state index contributed by atoms with van der Waals surface area (Å²) in [7, 11) is 0. The van der Waals surface area contributed by atoms with Gasteiger partial charge in [-0.1, -0.05) is 18.2 Å². The van der Waals surface area contributed by atoms with E-state index in [0.29, 0.717) is 23.4 Å². The number of benzene rings is 1. The second-order valence-corrected chi connectivity index (χ2v) is 5.87. The fraction of sp³-hybridized carbons (Fsp3) is 0.353. The lowest BCUT2D eigenvalue weighted by Crippen LogP contribution is -2.14. The monoisotopic (exact) mass is 327 g/mol. The van der Waals surface area contributed by atoms with Gasteiger partial charge in [0.25, 0.3) is 0 Å². The highest BCUT2D eigenvalue weighted by atomic mass is 19.1. The van der Waals surface area contributed by atoms with Gasteiger partial charge in [-0.2, -0.15) is 0 Å². The summed E-state index contributed by atoms with van der Waals surface area (Å²) in [5, 5.41) is 3.15. The van der Waals surface area contributed by atoms with Crippen LogP contribution in [0, 0.1) is 5.82 Å². The van der Waals surface area contributed by atoms with E-state index in [-0.39, 0.29) is 11.9 Å². The van der Waals surface area contributed by atoms with Crippen molar-refractivity contribution >= 4 is 17.0 Å². The van der Waals surface area contributed by atoms with Gasteiger partial charge in [-0.05, 0) is 18.9 Å². The molecule has 3 aromatic rings. The number of ether oxygens (including phenoxy) is 1. The van der Waals surface area contributed by atoms with Crippen LogP contribution in [0.15, 0.2) is 36.9 Å². The van der Waals surface area contributed by atoms with Crippen molar-refractivity contribution in [3.63, 3.8) is 0 Å². The Kier molecular flexibility index (Phi) is 4.08.